The third kappa shape index (κ3) is 2.68. The van der Waals surface area contributed by atoms with E-state index in [2.05, 4.69) is 32.2 Å². The van der Waals surface area contributed by atoms with Crippen LogP contribution in [-0.4, -0.2) is 30.1 Å². The fraction of sp³-hybridized carbons (Fsp3) is 0.571. The van der Waals surface area contributed by atoms with Crippen molar-refractivity contribution in [1.29, 1.82) is 0 Å². The topological polar surface area (TPSA) is 15.3 Å². The maximum atomic E-state index is 6.13. The Labute approximate surface area is 122 Å². The van der Waals surface area contributed by atoms with Gasteiger partial charge in [-0.05, 0) is 66.4 Å². The van der Waals surface area contributed by atoms with Gasteiger partial charge < -0.3 is 10.2 Å². The van der Waals surface area contributed by atoms with Gasteiger partial charge in [-0.2, -0.15) is 0 Å². The molecule has 0 saturated carbocycles. The lowest BCUT2D eigenvalue weighted by atomic mass is 9.97. The Kier molecular flexibility index (Phi) is 3.83. The van der Waals surface area contributed by atoms with Crippen molar-refractivity contribution in [2.75, 3.05) is 18.4 Å². The molecule has 0 amide bonds. The highest BCUT2D eigenvalue weighted by molar-refractivity contribution is 9.10. The third-order valence-corrected chi connectivity index (χ3v) is 5.34. The third-order valence-electron chi connectivity index (χ3n) is 4.11. The van der Waals surface area contributed by atoms with E-state index >= 15 is 0 Å². The Morgan fingerprint density at radius 2 is 2.17 bits per heavy atom. The molecule has 18 heavy (non-hydrogen) atoms. The maximum Gasteiger partial charge on any atom is 0.0568 e. The van der Waals surface area contributed by atoms with E-state index < -0.39 is 0 Å². The summed E-state index contributed by atoms with van der Waals surface area (Å²) in [6, 6.07) is 7.52. The molecule has 0 spiro atoms. The van der Waals surface area contributed by atoms with Crippen LogP contribution in [0.4, 0.5) is 5.69 Å². The van der Waals surface area contributed by atoms with Gasteiger partial charge in [0.25, 0.3) is 0 Å². The number of benzene rings is 1. The zero-order valence-electron chi connectivity index (χ0n) is 10.3. The number of nitrogens with zero attached hydrogens (tertiary/aromatic N) is 1. The summed E-state index contributed by atoms with van der Waals surface area (Å²) in [5.41, 5.74) is 1.14. The summed E-state index contributed by atoms with van der Waals surface area (Å²) in [5, 5.41) is 4.41. The average Bonchev–Trinajstić information content (AvgIpc) is 2.81. The van der Waals surface area contributed by atoms with Gasteiger partial charge in [0.2, 0.25) is 0 Å². The highest BCUT2D eigenvalue weighted by Crippen LogP contribution is 2.30. The van der Waals surface area contributed by atoms with Gasteiger partial charge in [0.05, 0.1) is 5.02 Å². The molecule has 2 unspecified atom stereocenters. The van der Waals surface area contributed by atoms with E-state index in [1.54, 1.807) is 0 Å². The molecular weight excluding hydrogens is 312 g/mol. The molecule has 3 rings (SSSR count). The lowest BCUT2D eigenvalue weighted by Crippen LogP contribution is -2.42. The molecule has 2 heterocycles. The molecule has 2 fully saturated rings. The van der Waals surface area contributed by atoms with Crippen LogP contribution in [0, 0.1) is 0 Å². The molecule has 0 bridgehead atoms. The van der Waals surface area contributed by atoms with E-state index in [1.165, 1.54) is 38.8 Å². The van der Waals surface area contributed by atoms with Crippen molar-refractivity contribution in [1.82, 2.24) is 4.90 Å². The molecule has 4 heteroatoms. The summed E-state index contributed by atoms with van der Waals surface area (Å²) in [5.74, 6) is 0. The first kappa shape index (κ1) is 12.8. The van der Waals surface area contributed by atoms with Crippen molar-refractivity contribution in [3.8, 4) is 0 Å². The zero-order chi connectivity index (χ0) is 12.5. The zero-order valence-corrected chi connectivity index (χ0v) is 12.7. The highest BCUT2D eigenvalue weighted by Gasteiger charge is 2.31. The van der Waals surface area contributed by atoms with Crippen LogP contribution in [0.2, 0.25) is 5.02 Å². The van der Waals surface area contributed by atoms with Crippen molar-refractivity contribution < 1.29 is 0 Å². The lowest BCUT2D eigenvalue weighted by Gasteiger charge is -2.35. The van der Waals surface area contributed by atoms with Gasteiger partial charge in [-0.1, -0.05) is 11.6 Å². The minimum Gasteiger partial charge on any atom is -0.382 e. The van der Waals surface area contributed by atoms with Crippen LogP contribution < -0.4 is 5.32 Å². The van der Waals surface area contributed by atoms with Gasteiger partial charge in [-0.25, -0.2) is 0 Å². The number of fused-ring (bicyclic) bond motifs is 1. The number of hydrogen-bond donors (Lipinski definition) is 1. The van der Waals surface area contributed by atoms with Gasteiger partial charge in [0, 0.05) is 28.8 Å². The molecule has 98 valence electrons. The molecule has 2 aliphatic heterocycles. The summed E-state index contributed by atoms with van der Waals surface area (Å²) in [6.07, 6.45) is 5.26. The Balaban J connectivity index is 1.64. The van der Waals surface area contributed by atoms with Crippen LogP contribution in [0.1, 0.15) is 25.7 Å². The van der Waals surface area contributed by atoms with Gasteiger partial charge in [-0.3, -0.25) is 0 Å². The summed E-state index contributed by atoms with van der Waals surface area (Å²) in [6.45, 7) is 2.55. The second kappa shape index (κ2) is 5.40. The Hall–Kier alpha value is -0.250. The van der Waals surface area contributed by atoms with E-state index in [9.17, 15) is 0 Å². The molecular formula is C14H18BrClN2. The average molecular weight is 330 g/mol. The van der Waals surface area contributed by atoms with Gasteiger partial charge in [-0.15, -0.1) is 0 Å². The van der Waals surface area contributed by atoms with Crippen molar-refractivity contribution in [3.05, 3.63) is 27.7 Å². The number of hydrogen-bond acceptors (Lipinski definition) is 2. The highest BCUT2D eigenvalue weighted by atomic mass is 79.9. The Morgan fingerprint density at radius 3 is 3.00 bits per heavy atom. The Morgan fingerprint density at radius 1 is 1.28 bits per heavy atom. The van der Waals surface area contributed by atoms with Crippen molar-refractivity contribution in [3.63, 3.8) is 0 Å². The number of rotatable bonds is 2. The second-order valence-corrected chi connectivity index (χ2v) is 6.59. The SMILES string of the molecule is Clc1cc(NC2CCN3CCCC3C2)ccc1Br. The van der Waals surface area contributed by atoms with Crippen molar-refractivity contribution in [2.45, 2.75) is 37.8 Å². The summed E-state index contributed by atoms with van der Waals surface area (Å²) in [4.78, 5) is 2.65. The van der Waals surface area contributed by atoms with Crippen molar-refractivity contribution >= 4 is 33.2 Å². The minimum atomic E-state index is 0.599. The minimum absolute atomic E-state index is 0.599. The first-order valence-corrected chi connectivity index (χ1v) is 7.85. The van der Waals surface area contributed by atoms with E-state index in [1.807, 2.05) is 12.1 Å². The summed E-state index contributed by atoms with van der Waals surface area (Å²) in [7, 11) is 0. The smallest absolute Gasteiger partial charge is 0.0568 e. The molecule has 2 nitrogen and oxygen atoms in total. The number of halogens is 2. The van der Waals surface area contributed by atoms with Crippen LogP contribution in [0.25, 0.3) is 0 Å². The lowest BCUT2D eigenvalue weighted by molar-refractivity contribution is 0.188. The van der Waals surface area contributed by atoms with Crippen LogP contribution in [-0.2, 0) is 0 Å². The predicted molar refractivity (Wildman–Crippen MR) is 80.4 cm³/mol. The van der Waals surface area contributed by atoms with Crippen molar-refractivity contribution in [2.24, 2.45) is 0 Å². The van der Waals surface area contributed by atoms with Gasteiger partial charge in [0.1, 0.15) is 0 Å². The largest absolute Gasteiger partial charge is 0.382 e. The van der Waals surface area contributed by atoms with Crippen LogP contribution in [0.15, 0.2) is 22.7 Å². The predicted octanol–water partition coefficient (Wildman–Crippen LogP) is 4.14. The number of anilines is 1. The molecule has 2 saturated heterocycles. The normalized spacial score (nSPS) is 28.1. The fourth-order valence-corrected chi connectivity index (χ4v) is 3.60. The van der Waals surface area contributed by atoms with E-state index in [0.29, 0.717) is 6.04 Å². The molecule has 2 atom stereocenters. The Bertz CT molecular complexity index is 438. The van der Waals surface area contributed by atoms with E-state index in [-0.39, 0.29) is 0 Å². The molecule has 0 aromatic heterocycles. The van der Waals surface area contributed by atoms with Gasteiger partial charge >= 0.3 is 0 Å². The molecule has 0 radical (unpaired) electrons. The van der Waals surface area contributed by atoms with Crippen LogP contribution in [0.5, 0.6) is 0 Å². The molecule has 1 aromatic rings. The standard InChI is InChI=1S/C14H18BrClN2/c15-13-4-3-10(9-14(13)16)17-11-5-7-18-6-1-2-12(18)8-11/h3-4,9,11-12,17H,1-2,5-8H2. The molecule has 2 aliphatic rings. The van der Waals surface area contributed by atoms with Gasteiger partial charge in [0.15, 0.2) is 0 Å². The second-order valence-electron chi connectivity index (χ2n) is 5.33. The number of nitrogens with one attached hydrogen (secondary N) is 1. The fourth-order valence-electron chi connectivity index (χ4n) is 3.18. The van der Waals surface area contributed by atoms with Crippen LogP contribution >= 0.6 is 27.5 Å². The molecule has 1 aromatic carbocycles. The molecule has 0 aliphatic carbocycles. The summed E-state index contributed by atoms with van der Waals surface area (Å²) >= 11 is 9.55. The quantitative estimate of drug-likeness (QED) is 0.877. The first-order valence-electron chi connectivity index (χ1n) is 6.68. The molecule has 1 N–H and O–H groups in total. The van der Waals surface area contributed by atoms with Crippen LogP contribution in [0.3, 0.4) is 0 Å². The summed E-state index contributed by atoms with van der Waals surface area (Å²) < 4.78 is 0.959. The monoisotopic (exact) mass is 328 g/mol. The van der Waals surface area contributed by atoms with E-state index in [4.69, 9.17) is 11.6 Å². The number of piperidine rings is 1. The van der Waals surface area contributed by atoms with E-state index in [0.717, 1.165) is 21.2 Å². The first-order chi connectivity index (χ1) is 8.72. The maximum absolute atomic E-state index is 6.13.